The number of rotatable bonds is 4. The van der Waals surface area contributed by atoms with Crippen LogP contribution in [0.4, 0.5) is 0 Å². The predicted octanol–water partition coefficient (Wildman–Crippen LogP) is 2.46. The van der Waals surface area contributed by atoms with Gasteiger partial charge in [-0.2, -0.15) is 0 Å². The lowest BCUT2D eigenvalue weighted by molar-refractivity contribution is -0.124. The standard InChI is InChI=1S/C18H17ClN2O2/c19-14-5-1-4-12(8-14)15-9-13(17(22)16(15)18(20)23)7-11-3-2-6-21-10-11/h1-6,8-10,15-17,22H,7H2,(H2,20,23)/t15-,16+,17+/m1/s1. The van der Waals surface area contributed by atoms with Crippen LogP contribution < -0.4 is 5.73 Å². The largest absolute Gasteiger partial charge is 0.388 e. The maximum atomic E-state index is 11.9. The first-order valence-corrected chi connectivity index (χ1v) is 7.76. The van der Waals surface area contributed by atoms with Gasteiger partial charge in [-0.05, 0) is 41.3 Å². The van der Waals surface area contributed by atoms with Crippen molar-refractivity contribution in [2.75, 3.05) is 0 Å². The molecule has 118 valence electrons. The third-order valence-corrected chi connectivity index (χ3v) is 4.43. The summed E-state index contributed by atoms with van der Waals surface area (Å²) >= 11 is 6.05. The van der Waals surface area contributed by atoms with Crippen LogP contribution in [0.5, 0.6) is 0 Å². The zero-order chi connectivity index (χ0) is 16.4. The number of hydrogen-bond acceptors (Lipinski definition) is 3. The van der Waals surface area contributed by atoms with Gasteiger partial charge in [-0.25, -0.2) is 0 Å². The number of halogens is 1. The van der Waals surface area contributed by atoms with Crippen molar-refractivity contribution in [2.24, 2.45) is 11.7 Å². The number of hydrogen-bond donors (Lipinski definition) is 2. The van der Waals surface area contributed by atoms with Crippen molar-refractivity contribution < 1.29 is 9.90 Å². The highest BCUT2D eigenvalue weighted by atomic mass is 35.5. The Hall–Kier alpha value is -2.17. The Morgan fingerprint density at radius 1 is 1.30 bits per heavy atom. The molecule has 3 atom stereocenters. The van der Waals surface area contributed by atoms with Crippen molar-refractivity contribution >= 4 is 17.5 Å². The normalized spacial score (nSPS) is 23.6. The van der Waals surface area contributed by atoms with E-state index in [0.29, 0.717) is 11.4 Å². The molecule has 2 aromatic rings. The van der Waals surface area contributed by atoms with Gasteiger partial charge in [0.25, 0.3) is 0 Å². The third kappa shape index (κ3) is 3.28. The predicted molar refractivity (Wildman–Crippen MR) is 88.9 cm³/mol. The van der Waals surface area contributed by atoms with Crippen LogP contribution in [0.25, 0.3) is 0 Å². The molecule has 1 aliphatic carbocycles. The fraction of sp³-hybridized carbons (Fsp3) is 0.222. The summed E-state index contributed by atoms with van der Waals surface area (Å²) in [5.74, 6) is -1.46. The van der Waals surface area contributed by atoms with Crippen LogP contribution in [-0.2, 0) is 11.2 Å². The Kier molecular flexibility index (Phi) is 4.46. The van der Waals surface area contributed by atoms with Crippen LogP contribution in [0.15, 0.2) is 60.4 Å². The summed E-state index contributed by atoms with van der Waals surface area (Å²) in [6, 6.07) is 11.1. The van der Waals surface area contributed by atoms with E-state index in [9.17, 15) is 9.90 Å². The number of primary amides is 1. The highest BCUT2D eigenvalue weighted by molar-refractivity contribution is 6.30. The first-order valence-electron chi connectivity index (χ1n) is 7.38. The quantitative estimate of drug-likeness (QED) is 0.846. The fourth-order valence-corrected chi connectivity index (χ4v) is 3.31. The van der Waals surface area contributed by atoms with Gasteiger partial charge >= 0.3 is 0 Å². The molecule has 0 fully saturated rings. The molecule has 0 aliphatic heterocycles. The monoisotopic (exact) mass is 328 g/mol. The summed E-state index contributed by atoms with van der Waals surface area (Å²) in [6.45, 7) is 0. The fourth-order valence-electron chi connectivity index (χ4n) is 3.11. The Labute approximate surface area is 139 Å². The molecule has 0 spiro atoms. The molecule has 4 nitrogen and oxygen atoms in total. The molecule has 0 bridgehead atoms. The van der Waals surface area contributed by atoms with Gasteiger partial charge in [-0.1, -0.05) is 35.9 Å². The molecule has 0 saturated carbocycles. The van der Waals surface area contributed by atoms with Crippen LogP contribution in [-0.4, -0.2) is 22.1 Å². The molecule has 0 unspecified atom stereocenters. The smallest absolute Gasteiger partial charge is 0.224 e. The molecule has 23 heavy (non-hydrogen) atoms. The van der Waals surface area contributed by atoms with Crippen LogP contribution in [0.1, 0.15) is 17.0 Å². The molecule has 1 aromatic heterocycles. The Morgan fingerprint density at radius 3 is 2.78 bits per heavy atom. The van der Waals surface area contributed by atoms with Crippen molar-refractivity contribution in [1.82, 2.24) is 4.98 Å². The van der Waals surface area contributed by atoms with Gasteiger partial charge in [-0.15, -0.1) is 0 Å². The number of allylic oxidation sites excluding steroid dienone is 1. The number of carbonyl (C=O) groups is 1. The minimum atomic E-state index is -0.892. The molecule has 0 radical (unpaired) electrons. The zero-order valence-corrected chi connectivity index (χ0v) is 13.1. The van der Waals surface area contributed by atoms with E-state index in [1.807, 2.05) is 30.3 Å². The Morgan fingerprint density at radius 2 is 2.13 bits per heavy atom. The second-order valence-electron chi connectivity index (χ2n) is 5.73. The summed E-state index contributed by atoms with van der Waals surface area (Å²) in [5.41, 5.74) is 8.17. The zero-order valence-electron chi connectivity index (χ0n) is 12.4. The van der Waals surface area contributed by atoms with Crippen molar-refractivity contribution in [3.05, 3.63) is 76.6 Å². The van der Waals surface area contributed by atoms with Gasteiger partial charge in [0.15, 0.2) is 0 Å². The van der Waals surface area contributed by atoms with E-state index in [2.05, 4.69) is 4.98 Å². The van der Waals surface area contributed by atoms with Gasteiger partial charge in [0.1, 0.15) is 0 Å². The van der Waals surface area contributed by atoms with Gasteiger partial charge in [0, 0.05) is 23.3 Å². The lowest BCUT2D eigenvalue weighted by Crippen LogP contribution is -2.34. The minimum Gasteiger partial charge on any atom is -0.388 e. The summed E-state index contributed by atoms with van der Waals surface area (Å²) in [4.78, 5) is 15.9. The van der Waals surface area contributed by atoms with Gasteiger partial charge in [-0.3, -0.25) is 9.78 Å². The summed E-state index contributed by atoms with van der Waals surface area (Å²) in [6.07, 6.45) is 5.02. The number of amides is 1. The average Bonchev–Trinajstić information content (AvgIpc) is 2.85. The number of nitrogens with two attached hydrogens (primary N) is 1. The van der Waals surface area contributed by atoms with Crippen molar-refractivity contribution in [2.45, 2.75) is 18.4 Å². The molecule has 3 rings (SSSR count). The van der Waals surface area contributed by atoms with Crippen LogP contribution >= 0.6 is 11.6 Å². The molecule has 1 aromatic carbocycles. The van der Waals surface area contributed by atoms with Crippen molar-refractivity contribution in [1.29, 1.82) is 0 Å². The summed E-state index contributed by atoms with van der Waals surface area (Å²) < 4.78 is 0. The molecule has 1 aliphatic rings. The number of carbonyl (C=O) groups excluding carboxylic acids is 1. The molecule has 5 heteroatoms. The lowest BCUT2D eigenvalue weighted by atomic mass is 9.87. The van der Waals surface area contributed by atoms with Crippen LogP contribution in [0.3, 0.4) is 0 Å². The first kappa shape index (κ1) is 15.7. The number of aromatic nitrogens is 1. The molecule has 1 amide bonds. The van der Waals surface area contributed by atoms with Crippen molar-refractivity contribution in [3.63, 3.8) is 0 Å². The minimum absolute atomic E-state index is 0.270. The van der Waals surface area contributed by atoms with E-state index in [1.165, 1.54) is 0 Å². The maximum absolute atomic E-state index is 11.9. The number of aliphatic hydroxyl groups excluding tert-OH is 1. The molecule has 0 saturated heterocycles. The van der Waals surface area contributed by atoms with E-state index in [4.69, 9.17) is 17.3 Å². The average molecular weight is 329 g/mol. The van der Waals surface area contributed by atoms with Gasteiger partial charge < -0.3 is 10.8 Å². The molecular formula is C18H17ClN2O2. The SMILES string of the molecule is NC(=O)[C@H]1[C@@H](c2cccc(Cl)c2)C=C(Cc2cccnc2)[C@@H]1O. The second-order valence-corrected chi connectivity index (χ2v) is 6.17. The van der Waals surface area contributed by atoms with Crippen molar-refractivity contribution in [3.8, 4) is 0 Å². The molecule has 3 N–H and O–H groups in total. The molecular weight excluding hydrogens is 312 g/mol. The van der Waals surface area contributed by atoms with E-state index >= 15 is 0 Å². The first-order chi connectivity index (χ1) is 11.1. The number of aliphatic hydroxyl groups is 1. The number of nitrogens with zero attached hydrogens (tertiary/aromatic N) is 1. The third-order valence-electron chi connectivity index (χ3n) is 4.19. The molecule has 1 heterocycles. The highest BCUT2D eigenvalue weighted by Gasteiger charge is 2.40. The topological polar surface area (TPSA) is 76.2 Å². The van der Waals surface area contributed by atoms with Gasteiger partial charge in [0.2, 0.25) is 5.91 Å². The lowest BCUT2D eigenvalue weighted by Gasteiger charge is -2.20. The Bertz CT molecular complexity index is 746. The Balaban J connectivity index is 1.94. The van der Waals surface area contributed by atoms with Gasteiger partial charge in [0.05, 0.1) is 12.0 Å². The van der Waals surface area contributed by atoms with E-state index < -0.39 is 17.9 Å². The summed E-state index contributed by atoms with van der Waals surface area (Å²) in [5, 5.41) is 11.2. The van der Waals surface area contributed by atoms with E-state index in [1.54, 1.807) is 24.5 Å². The van der Waals surface area contributed by atoms with Crippen LogP contribution in [0.2, 0.25) is 5.02 Å². The van der Waals surface area contributed by atoms with E-state index in [-0.39, 0.29) is 5.92 Å². The maximum Gasteiger partial charge on any atom is 0.224 e. The van der Waals surface area contributed by atoms with Crippen LogP contribution in [0, 0.1) is 5.92 Å². The second kappa shape index (κ2) is 6.52. The number of pyridine rings is 1. The summed E-state index contributed by atoms with van der Waals surface area (Å²) in [7, 11) is 0. The van der Waals surface area contributed by atoms with E-state index in [0.717, 1.165) is 16.7 Å². The highest BCUT2D eigenvalue weighted by Crippen LogP contribution is 2.40. The number of benzene rings is 1.